The fourth-order valence-corrected chi connectivity index (χ4v) is 1.43. The van der Waals surface area contributed by atoms with Gasteiger partial charge in [-0.15, -0.1) is 0 Å². The lowest BCUT2D eigenvalue weighted by Crippen LogP contribution is -2.15. The van der Waals surface area contributed by atoms with Crippen LogP contribution in [0, 0.1) is 0 Å². The minimum atomic E-state index is -0.336. The quantitative estimate of drug-likeness (QED) is 0.326. The Morgan fingerprint density at radius 3 is 2.68 bits per heavy atom. The van der Waals surface area contributed by atoms with E-state index < -0.39 is 0 Å². The van der Waals surface area contributed by atoms with Crippen molar-refractivity contribution in [1.82, 2.24) is 9.97 Å². The van der Waals surface area contributed by atoms with Gasteiger partial charge in [0.1, 0.15) is 6.33 Å². The third-order valence-electron chi connectivity index (χ3n) is 2.35. The van der Waals surface area contributed by atoms with E-state index in [0.717, 1.165) is 0 Å². The molecule has 0 saturated heterocycles. The van der Waals surface area contributed by atoms with Gasteiger partial charge in [0.2, 0.25) is 0 Å². The normalized spacial score (nSPS) is 11.1. The molecule has 0 bridgehead atoms. The number of oxime groups is 1. The van der Waals surface area contributed by atoms with Crippen LogP contribution in [0.1, 0.15) is 15.9 Å². The van der Waals surface area contributed by atoms with E-state index in [9.17, 15) is 4.79 Å². The van der Waals surface area contributed by atoms with Gasteiger partial charge in [0.05, 0.1) is 5.56 Å². The van der Waals surface area contributed by atoms with Crippen molar-refractivity contribution in [2.75, 3.05) is 5.32 Å². The van der Waals surface area contributed by atoms with Gasteiger partial charge in [0.15, 0.2) is 5.84 Å². The number of rotatable bonds is 3. The molecule has 7 nitrogen and oxygen atoms in total. The largest absolute Gasteiger partial charge is 0.409 e. The Labute approximate surface area is 108 Å². The molecule has 1 aromatic heterocycles. The Kier molecular flexibility index (Phi) is 3.67. The lowest BCUT2D eigenvalue weighted by atomic mass is 10.2. The highest BCUT2D eigenvalue weighted by atomic mass is 16.4. The summed E-state index contributed by atoms with van der Waals surface area (Å²) in [7, 11) is 0. The van der Waals surface area contributed by atoms with E-state index in [0.29, 0.717) is 16.8 Å². The fourth-order valence-electron chi connectivity index (χ4n) is 1.43. The van der Waals surface area contributed by atoms with E-state index in [2.05, 4.69) is 20.4 Å². The highest BCUT2D eigenvalue weighted by Gasteiger charge is 2.07. The number of nitrogens with one attached hydrogen (secondary N) is 1. The predicted molar refractivity (Wildman–Crippen MR) is 68.9 cm³/mol. The van der Waals surface area contributed by atoms with Gasteiger partial charge in [-0.2, -0.15) is 0 Å². The summed E-state index contributed by atoms with van der Waals surface area (Å²) in [4.78, 5) is 19.4. The Hall–Kier alpha value is -2.96. The van der Waals surface area contributed by atoms with E-state index >= 15 is 0 Å². The van der Waals surface area contributed by atoms with Gasteiger partial charge in [0, 0.05) is 23.6 Å². The van der Waals surface area contributed by atoms with Crippen LogP contribution < -0.4 is 11.1 Å². The number of nitrogens with zero attached hydrogens (tertiary/aromatic N) is 3. The first-order valence-corrected chi connectivity index (χ1v) is 5.35. The summed E-state index contributed by atoms with van der Waals surface area (Å²) >= 11 is 0. The van der Waals surface area contributed by atoms with Crippen molar-refractivity contribution in [3.63, 3.8) is 0 Å². The third kappa shape index (κ3) is 3.03. The monoisotopic (exact) mass is 257 g/mol. The lowest BCUT2D eigenvalue weighted by molar-refractivity contribution is 0.102. The first kappa shape index (κ1) is 12.5. The van der Waals surface area contributed by atoms with Crippen molar-refractivity contribution in [1.29, 1.82) is 0 Å². The highest BCUT2D eigenvalue weighted by molar-refractivity contribution is 6.05. The lowest BCUT2D eigenvalue weighted by Gasteiger charge is -2.06. The van der Waals surface area contributed by atoms with Gasteiger partial charge in [-0.1, -0.05) is 17.3 Å². The zero-order valence-corrected chi connectivity index (χ0v) is 9.82. The first-order valence-electron chi connectivity index (χ1n) is 5.35. The van der Waals surface area contributed by atoms with Gasteiger partial charge < -0.3 is 16.3 Å². The summed E-state index contributed by atoms with van der Waals surface area (Å²) < 4.78 is 0. The number of aromatic nitrogens is 2. The Bertz CT molecular complexity index is 613. The smallest absolute Gasteiger partial charge is 0.258 e. The van der Waals surface area contributed by atoms with E-state index in [1.807, 2.05) is 0 Å². The Morgan fingerprint density at radius 2 is 2.00 bits per heavy atom. The molecule has 0 spiro atoms. The molecule has 0 radical (unpaired) electrons. The van der Waals surface area contributed by atoms with Crippen molar-refractivity contribution in [2.24, 2.45) is 10.9 Å². The SMILES string of the molecule is N/C(=N/O)c1cccc(NC(=O)c2cncnc2)c1. The van der Waals surface area contributed by atoms with Crippen LogP contribution in [0.2, 0.25) is 0 Å². The summed E-state index contributed by atoms with van der Waals surface area (Å²) in [5, 5.41) is 14.2. The topological polar surface area (TPSA) is 113 Å². The number of nitrogens with two attached hydrogens (primary N) is 1. The zero-order valence-electron chi connectivity index (χ0n) is 9.82. The maximum absolute atomic E-state index is 11.9. The molecule has 0 atom stereocenters. The fraction of sp³-hybridized carbons (Fsp3) is 0. The molecule has 0 aliphatic rings. The zero-order chi connectivity index (χ0) is 13.7. The summed E-state index contributed by atoms with van der Waals surface area (Å²) in [5.41, 5.74) is 6.85. The number of carbonyl (C=O) groups is 1. The number of hydrogen-bond donors (Lipinski definition) is 3. The number of benzene rings is 1. The molecule has 2 rings (SSSR count). The van der Waals surface area contributed by atoms with Gasteiger partial charge in [-0.25, -0.2) is 9.97 Å². The number of amidine groups is 1. The molecule has 0 saturated carbocycles. The maximum Gasteiger partial charge on any atom is 0.258 e. The molecule has 1 aromatic carbocycles. The van der Waals surface area contributed by atoms with Crippen molar-refractivity contribution < 1.29 is 10.0 Å². The van der Waals surface area contributed by atoms with Crippen LogP contribution >= 0.6 is 0 Å². The summed E-state index contributed by atoms with van der Waals surface area (Å²) in [6.45, 7) is 0. The summed E-state index contributed by atoms with van der Waals surface area (Å²) in [5.74, 6) is -0.364. The van der Waals surface area contributed by atoms with Crippen LogP contribution in [0.25, 0.3) is 0 Å². The molecule has 0 unspecified atom stereocenters. The van der Waals surface area contributed by atoms with E-state index in [1.54, 1.807) is 24.3 Å². The van der Waals surface area contributed by atoms with Crippen LogP contribution in [0.4, 0.5) is 5.69 Å². The summed E-state index contributed by atoms with van der Waals surface area (Å²) in [6, 6.07) is 6.63. The van der Waals surface area contributed by atoms with E-state index in [1.165, 1.54) is 18.7 Å². The van der Waals surface area contributed by atoms with Crippen LogP contribution in [-0.4, -0.2) is 26.9 Å². The van der Waals surface area contributed by atoms with E-state index in [-0.39, 0.29) is 11.7 Å². The molecule has 1 amide bonds. The first-order chi connectivity index (χ1) is 9.20. The molecular formula is C12H11N5O2. The van der Waals surface area contributed by atoms with Crippen molar-refractivity contribution in [3.05, 3.63) is 54.1 Å². The molecule has 0 aliphatic carbocycles. The highest BCUT2D eigenvalue weighted by Crippen LogP contribution is 2.11. The molecule has 0 fully saturated rings. The predicted octanol–water partition coefficient (Wildman–Crippen LogP) is 0.823. The average Bonchev–Trinajstić information content (AvgIpc) is 2.47. The molecule has 19 heavy (non-hydrogen) atoms. The minimum Gasteiger partial charge on any atom is -0.409 e. The molecule has 7 heteroatoms. The summed E-state index contributed by atoms with van der Waals surface area (Å²) in [6.07, 6.45) is 4.17. The van der Waals surface area contributed by atoms with Crippen LogP contribution in [-0.2, 0) is 0 Å². The molecule has 0 aliphatic heterocycles. The molecule has 1 heterocycles. The standard InChI is InChI=1S/C12H11N5O2/c13-11(17-19)8-2-1-3-10(4-8)16-12(18)9-5-14-7-15-6-9/h1-7,19H,(H2,13,17)(H,16,18). The van der Waals surface area contributed by atoms with Crippen molar-refractivity contribution >= 4 is 17.4 Å². The minimum absolute atomic E-state index is 0.0286. The van der Waals surface area contributed by atoms with Crippen molar-refractivity contribution in [3.8, 4) is 0 Å². The van der Waals surface area contributed by atoms with Crippen molar-refractivity contribution in [2.45, 2.75) is 0 Å². The molecule has 96 valence electrons. The number of anilines is 1. The van der Waals surface area contributed by atoms with Gasteiger partial charge >= 0.3 is 0 Å². The number of hydrogen-bond acceptors (Lipinski definition) is 5. The maximum atomic E-state index is 11.9. The second-order valence-electron chi connectivity index (χ2n) is 3.65. The van der Waals surface area contributed by atoms with Gasteiger partial charge in [-0.3, -0.25) is 4.79 Å². The second-order valence-corrected chi connectivity index (χ2v) is 3.65. The van der Waals surface area contributed by atoms with Gasteiger partial charge in [-0.05, 0) is 12.1 Å². The Morgan fingerprint density at radius 1 is 1.26 bits per heavy atom. The molecule has 4 N–H and O–H groups in total. The molecule has 2 aromatic rings. The number of amides is 1. The Balaban J connectivity index is 2.18. The average molecular weight is 257 g/mol. The van der Waals surface area contributed by atoms with Crippen LogP contribution in [0.3, 0.4) is 0 Å². The second kappa shape index (κ2) is 5.58. The van der Waals surface area contributed by atoms with Gasteiger partial charge in [0.25, 0.3) is 5.91 Å². The number of carbonyl (C=O) groups excluding carboxylic acids is 1. The molecular weight excluding hydrogens is 246 g/mol. The van der Waals surface area contributed by atoms with E-state index in [4.69, 9.17) is 10.9 Å². The third-order valence-corrected chi connectivity index (χ3v) is 2.35. The van der Waals surface area contributed by atoms with Crippen LogP contribution in [0.15, 0.2) is 48.1 Å². The van der Waals surface area contributed by atoms with Crippen LogP contribution in [0.5, 0.6) is 0 Å².